The van der Waals surface area contributed by atoms with Crippen LogP contribution in [0.1, 0.15) is 28.8 Å². The molecule has 4 nitrogen and oxygen atoms in total. The highest BCUT2D eigenvalue weighted by atomic mass is 16.4. The molecule has 0 radical (unpaired) electrons. The molecule has 4 heteroatoms. The summed E-state index contributed by atoms with van der Waals surface area (Å²) in [6.07, 6.45) is 4.43. The van der Waals surface area contributed by atoms with Gasteiger partial charge in [-0.3, -0.25) is 4.90 Å². The fourth-order valence-electron chi connectivity index (χ4n) is 2.74. The molecule has 94 valence electrons. The molecule has 1 fully saturated rings. The van der Waals surface area contributed by atoms with Crippen molar-refractivity contribution in [1.29, 1.82) is 0 Å². The highest BCUT2D eigenvalue weighted by molar-refractivity contribution is 6.04. The number of likely N-dealkylation sites (tertiary alicyclic amines) is 1. The predicted octanol–water partition coefficient (Wildman–Crippen LogP) is 2.46. The number of carboxylic acid groups (broad SMARTS) is 1. The van der Waals surface area contributed by atoms with Gasteiger partial charge in [0.05, 0.1) is 5.56 Å². The van der Waals surface area contributed by atoms with E-state index in [1.165, 1.54) is 12.8 Å². The molecule has 0 atom stereocenters. The monoisotopic (exact) mass is 244 g/mol. The summed E-state index contributed by atoms with van der Waals surface area (Å²) in [5, 5.41) is 10.1. The highest BCUT2D eigenvalue weighted by Gasteiger charge is 2.17. The number of carbonyl (C=O) groups is 1. The van der Waals surface area contributed by atoms with Crippen LogP contribution in [0.2, 0.25) is 0 Å². The molecule has 2 aromatic rings. The number of aromatic carboxylic acids is 1. The van der Waals surface area contributed by atoms with Gasteiger partial charge in [0.15, 0.2) is 0 Å². The molecule has 0 bridgehead atoms. The Balaban J connectivity index is 2.03. The molecule has 0 unspecified atom stereocenters. The van der Waals surface area contributed by atoms with Crippen molar-refractivity contribution in [3.8, 4) is 0 Å². The lowest BCUT2D eigenvalue weighted by Crippen LogP contribution is -2.18. The number of benzene rings is 1. The number of fused-ring (bicyclic) bond motifs is 1. The molecule has 0 saturated carbocycles. The van der Waals surface area contributed by atoms with E-state index in [1.54, 1.807) is 12.1 Å². The summed E-state index contributed by atoms with van der Waals surface area (Å²) in [7, 11) is 0. The second kappa shape index (κ2) is 4.46. The Morgan fingerprint density at radius 2 is 2.11 bits per heavy atom. The summed E-state index contributed by atoms with van der Waals surface area (Å²) in [4.78, 5) is 16.8. The zero-order chi connectivity index (χ0) is 12.5. The first-order valence-corrected chi connectivity index (χ1v) is 6.30. The van der Waals surface area contributed by atoms with Gasteiger partial charge in [-0.15, -0.1) is 0 Å². The Morgan fingerprint density at radius 3 is 2.83 bits per heavy atom. The van der Waals surface area contributed by atoms with E-state index in [4.69, 9.17) is 0 Å². The summed E-state index contributed by atoms with van der Waals surface area (Å²) in [5.74, 6) is -0.858. The van der Waals surface area contributed by atoms with Crippen molar-refractivity contribution in [2.24, 2.45) is 0 Å². The second-order valence-corrected chi connectivity index (χ2v) is 4.83. The number of hydrogen-bond donors (Lipinski definition) is 2. The van der Waals surface area contributed by atoms with Crippen molar-refractivity contribution < 1.29 is 9.90 Å². The standard InChI is InChI=1S/C14H16N2O2/c17-14(18)11-4-3-5-12-13(11)10(8-15-12)9-16-6-1-2-7-16/h3-5,8,15H,1-2,6-7,9H2,(H,17,18). The maximum Gasteiger partial charge on any atom is 0.336 e. The zero-order valence-electron chi connectivity index (χ0n) is 10.1. The van der Waals surface area contributed by atoms with Gasteiger partial charge in [-0.25, -0.2) is 4.79 Å². The third-order valence-corrected chi connectivity index (χ3v) is 3.61. The van der Waals surface area contributed by atoms with Crippen LogP contribution in [0, 0.1) is 0 Å². The number of aromatic nitrogens is 1. The number of H-pyrrole nitrogens is 1. The van der Waals surface area contributed by atoms with Crippen LogP contribution in [-0.2, 0) is 6.54 Å². The van der Waals surface area contributed by atoms with E-state index in [2.05, 4.69) is 9.88 Å². The Hall–Kier alpha value is -1.81. The van der Waals surface area contributed by atoms with Crippen molar-refractivity contribution in [1.82, 2.24) is 9.88 Å². The molecule has 18 heavy (non-hydrogen) atoms. The Kier molecular flexibility index (Phi) is 2.80. The molecule has 2 N–H and O–H groups in total. The lowest BCUT2D eigenvalue weighted by molar-refractivity contribution is 0.0699. The topological polar surface area (TPSA) is 56.3 Å². The van der Waals surface area contributed by atoms with Gasteiger partial charge >= 0.3 is 5.97 Å². The summed E-state index contributed by atoms with van der Waals surface area (Å²) in [6.45, 7) is 3.06. The number of hydrogen-bond acceptors (Lipinski definition) is 2. The molecule has 3 rings (SSSR count). The van der Waals surface area contributed by atoms with E-state index in [9.17, 15) is 9.90 Å². The molecule has 1 aromatic carbocycles. The van der Waals surface area contributed by atoms with Crippen molar-refractivity contribution >= 4 is 16.9 Å². The van der Waals surface area contributed by atoms with Crippen LogP contribution in [0.25, 0.3) is 10.9 Å². The summed E-state index contributed by atoms with van der Waals surface area (Å²) < 4.78 is 0. The van der Waals surface area contributed by atoms with E-state index < -0.39 is 5.97 Å². The fourth-order valence-corrected chi connectivity index (χ4v) is 2.74. The molecule has 1 aliphatic rings. The van der Waals surface area contributed by atoms with Gasteiger partial charge in [-0.2, -0.15) is 0 Å². The lowest BCUT2D eigenvalue weighted by Gasteiger charge is -2.14. The lowest BCUT2D eigenvalue weighted by atomic mass is 10.1. The van der Waals surface area contributed by atoms with Crippen LogP contribution >= 0.6 is 0 Å². The summed E-state index contributed by atoms with van der Waals surface area (Å²) >= 11 is 0. The molecular weight excluding hydrogens is 228 g/mol. The molecule has 1 saturated heterocycles. The van der Waals surface area contributed by atoms with Gasteiger partial charge in [0.2, 0.25) is 0 Å². The highest BCUT2D eigenvalue weighted by Crippen LogP contribution is 2.25. The van der Waals surface area contributed by atoms with E-state index in [0.29, 0.717) is 5.56 Å². The van der Waals surface area contributed by atoms with Gasteiger partial charge in [0.25, 0.3) is 0 Å². The maximum absolute atomic E-state index is 11.3. The molecular formula is C14H16N2O2. The zero-order valence-corrected chi connectivity index (χ0v) is 10.1. The van der Waals surface area contributed by atoms with Gasteiger partial charge in [-0.05, 0) is 43.6 Å². The van der Waals surface area contributed by atoms with Gasteiger partial charge in [0, 0.05) is 23.6 Å². The van der Waals surface area contributed by atoms with Crippen LogP contribution in [0.3, 0.4) is 0 Å². The largest absolute Gasteiger partial charge is 0.478 e. The minimum absolute atomic E-state index is 0.392. The van der Waals surface area contributed by atoms with E-state index >= 15 is 0 Å². The number of rotatable bonds is 3. The normalized spacial score (nSPS) is 16.4. The van der Waals surface area contributed by atoms with Crippen LogP contribution < -0.4 is 0 Å². The molecule has 0 aliphatic carbocycles. The third-order valence-electron chi connectivity index (χ3n) is 3.61. The third kappa shape index (κ3) is 1.88. The molecule has 2 heterocycles. The number of nitrogens with zero attached hydrogens (tertiary/aromatic N) is 1. The van der Waals surface area contributed by atoms with E-state index in [-0.39, 0.29) is 0 Å². The minimum Gasteiger partial charge on any atom is -0.478 e. The summed E-state index contributed by atoms with van der Waals surface area (Å²) in [6, 6.07) is 5.38. The Labute approximate surface area is 105 Å². The Bertz CT molecular complexity index is 582. The van der Waals surface area contributed by atoms with Crippen molar-refractivity contribution in [3.05, 3.63) is 35.5 Å². The number of nitrogens with one attached hydrogen (secondary N) is 1. The SMILES string of the molecule is O=C(O)c1cccc2[nH]cc(CN3CCCC3)c12. The first-order valence-electron chi connectivity index (χ1n) is 6.30. The second-order valence-electron chi connectivity index (χ2n) is 4.83. The van der Waals surface area contributed by atoms with Gasteiger partial charge < -0.3 is 10.1 Å². The predicted molar refractivity (Wildman–Crippen MR) is 69.8 cm³/mol. The molecule has 1 aliphatic heterocycles. The van der Waals surface area contributed by atoms with Crippen molar-refractivity contribution in [2.75, 3.05) is 13.1 Å². The fraction of sp³-hybridized carbons (Fsp3) is 0.357. The average Bonchev–Trinajstić information content (AvgIpc) is 2.99. The smallest absolute Gasteiger partial charge is 0.336 e. The average molecular weight is 244 g/mol. The molecule has 0 spiro atoms. The summed E-state index contributed by atoms with van der Waals surface area (Å²) in [5.41, 5.74) is 2.39. The van der Waals surface area contributed by atoms with Gasteiger partial charge in [0.1, 0.15) is 0 Å². The quantitative estimate of drug-likeness (QED) is 0.872. The first-order chi connectivity index (χ1) is 8.75. The number of aromatic amines is 1. The van der Waals surface area contributed by atoms with E-state index in [0.717, 1.165) is 36.1 Å². The van der Waals surface area contributed by atoms with Crippen LogP contribution in [0.15, 0.2) is 24.4 Å². The van der Waals surface area contributed by atoms with Crippen LogP contribution in [0.4, 0.5) is 0 Å². The van der Waals surface area contributed by atoms with Gasteiger partial charge in [-0.1, -0.05) is 6.07 Å². The van der Waals surface area contributed by atoms with Crippen LogP contribution in [0.5, 0.6) is 0 Å². The molecule has 0 amide bonds. The minimum atomic E-state index is -0.858. The maximum atomic E-state index is 11.3. The van der Waals surface area contributed by atoms with Crippen LogP contribution in [-0.4, -0.2) is 34.0 Å². The first kappa shape index (κ1) is 11.3. The van der Waals surface area contributed by atoms with E-state index in [1.807, 2.05) is 12.3 Å². The van der Waals surface area contributed by atoms with Crippen molar-refractivity contribution in [3.63, 3.8) is 0 Å². The Morgan fingerprint density at radius 1 is 1.33 bits per heavy atom. The number of carboxylic acids is 1. The molecule has 1 aromatic heterocycles. The van der Waals surface area contributed by atoms with Crippen molar-refractivity contribution in [2.45, 2.75) is 19.4 Å².